The molecule has 0 aliphatic rings. The molecule has 178 valence electrons. The Morgan fingerprint density at radius 1 is 1.03 bits per heavy atom. The number of hydrogen-bond donors (Lipinski definition) is 1. The first-order chi connectivity index (χ1) is 16.2. The predicted molar refractivity (Wildman–Crippen MR) is 120 cm³/mol. The molecular formula is C25H24F2N2O5. The van der Waals surface area contributed by atoms with Crippen LogP contribution in [-0.4, -0.2) is 28.7 Å². The van der Waals surface area contributed by atoms with E-state index in [0.717, 1.165) is 12.1 Å². The zero-order chi connectivity index (χ0) is 24.8. The van der Waals surface area contributed by atoms with Crippen molar-refractivity contribution in [3.63, 3.8) is 0 Å². The number of nitrogens with one attached hydrogen (secondary N) is 1. The van der Waals surface area contributed by atoms with Gasteiger partial charge in [-0.05, 0) is 43.3 Å². The van der Waals surface area contributed by atoms with E-state index >= 15 is 0 Å². The highest BCUT2D eigenvalue weighted by atomic mass is 19.1. The third-order valence-electron chi connectivity index (χ3n) is 4.94. The van der Waals surface area contributed by atoms with E-state index in [9.17, 15) is 23.2 Å². The summed E-state index contributed by atoms with van der Waals surface area (Å²) in [5, 5.41) is 2.73. The van der Waals surface area contributed by atoms with E-state index in [2.05, 4.69) is 10.3 Å². The number of amides is 1. The fourth-order valence-corrected chi connectivity index (χ4v) is 3.03. The average molecular weight is 470 g/mol. The first-order valence-corrected chi connectivity index (χ1v) is 10.7. The maximum atomic E-state index is 13.9. The molecule has 7 nitrogen and oxygen atoms in total. The highest BCUT2D eigenvalue weighted by Crippen LogP contribution is 2.27. The van der Waals surface area contributed by atoms with Crippen molar-refractivity contribution >= 4 is 23.3 Å². The van der Waals surface area contributed by atoms with Crippen LogP contribution in [0.1, 0.15) is 43.4 Å². The van der Waals surface area contributed by atoms with Crippen molar-refractivity contribution in [2.45, 2.75) is 39.7 Å². The van der Waals surface area contributed by atoms with Gasteiger partial charge in [-0.2, -0.15) is 0 Å². The number of carbonyl (C=O) groups is 3. The molecule has 9 heteroatoms. The van der Waals surface area contributed by atoms with Gasteiger partial charge in [-0.25, -0.2) is 13.8 Å². The van der Waals surface area contributed by atoms with Gasteiger partial charge >= 0.3 is 5.97 Å². The lowest BCUT2D eigenvalue weighted by Gasteiger charge is -2.13. The van der Waals surface area contributed by atoms with Crippen molar-refractivity contribution in [1.29, 1.82) is 0 Å². The first kappa shape index (κ1) is 24.8. The van der Waals surface area contributed by atoms with Gasteiger partial charge < -0.3 is 14.5 Å². The van der Waals surface area contributed by atoms with Gasteiger partial charge in [-0.15, -0.1) is 0 Å². The number of ketones is 1. The molecule has 0 saturated heterocycles. The smallest absolute Gasteiger partial charge is 0.307 e. The van der Waals surface area contributed by atoms with Gasteiger partial charge in [0.05, 0.1) is 18.2 Å². The fourth-order valence-electron chi connectivity index (χ4n) is 3.03. The van der Waals surface area contributed by atoms with E-state index in [-0.39, 0.29) is 41.9 Å². The molecule has 0 aliphatic carbocycles. The molecule has 0 saturated carbocycles. The van der Waals surface area contributed by atoms with Gasteiger partial charge in [-0.3, -0.25) is 14.4 Å². The Hall–Kier alpha value is -3.88. The lowest BCUT2D eigenvalue weighted by Crippen LogP contribution is -2.24. The third kappa shape index (κ3) is 6.12. The number of halogens is 2. The molecule has 0 radical (unpaired) electrons. The number of Topliss-reactive ketones (excluding diaryl/α,β-unsaturated/α-hetero) is 1. The molecule has 0 unspecified atom stereocenters. The summed E-state index contributed by atoms with van der Waals surface area (Å²) in [6.45, 7) is 5.00. The number of aryl methyl sites for hydroxylation is 1. The molecule has 0 spiro atoms. The molecule has 34 heavy (non-hydrogen) atoms. The van der Waals surface area contributed by atoms with Crippen LogP contribution in [0.3, 0.4) is 0 Å². The van der Waals surface area contributed by atoms with Gasteiger partial charge in [0.15, 0.2) is 17.8 Å². The van der Waals surface area contributed by atoms with Crippen LogP contribution in [0.4, 0.5) is 14.5 Å². The van der Waals surface area contributed by atoms with Gasteiger partial charge in [-0.1, -0.05) is 19.9 Å². The summed E-state index contributed by atoms with van der Waals surface area (Å²) in [7, 11) is 0. The van der Waals surface area contributed by atoms with Gasteiger partial charge in [0.2, 0.25) is 11.7 Å². The predicted octanol–water partition coefficient (Wildman–Crippen LogP) is 4.96. The summed E-state index contributed by atoms with van der Waals surface area (Å²) in [5.74, 6) is -2.93. The van der Waals surface area contributed by atoms with Gasteiger partial charge in [0.1, 0.15) is 11.6 Å². The Morgan fingerprint density at radius 3 is 2.29 bits per heavy atom. The second kappa shape index (κ2) is 10.8. The molecule has 3 aromatic rings. The number of esters is 1. The van der Waals surface area contributed by atoms with Crippen LogP contribution in [0.15, 0.2) is 53.1 Å². The number of aromatic nitrogens is 1. The SMILES string of the molecule is CC(C)C(=O)Nc1ccc(C(=O)[C@H](C)OC(=O)CCc2ncc(-c3c(F)cccc3F)o2)cc1. The van der Waals surface area contributed by atoms with E-state index in [1.165, 1.54) is 19.2 Å². The van der Waals surface area contributed by atoms with Crippen LogP contribution in [0.5, 0.6) is 0 Å². The zero-order valence-corrected chi connectivity index (χ0v) is 18.9. The van der Waals surface area contributed by atoms with Crippen molar-refractivity contribution in [1.82, 2.24) is 4.98 Å². The highest BCUT2D eigenvalue weighted by molar-refractivity contribution is 6.01. The summed E-state index contributed by atoms with van der Waals surface area (Å²) in [4.78, 5) is 40.4. The summed E-state index contributed by atoms with van der Waals surface area (Å²) < 4.78 is 38.3. The number of anilines is 1. The van der Waals surface area contributed by atoms with Crippen molar-refractivity contribution in [3.05, 3.63) is 71.8 Å². The molecule has 1 atom stereocenters. The Balaban J connectivity index is 1.53. The van der Waals surface area contributed by atoms with Crippen LogP contribution in [0, 0.1) is 17.6 Å². The van der Waals surface area contributed by atoms with Crippen molar-refractivity contribution < 1.29 is 32.3 Å². The number of benzene rings is 2. The summed E-state index contributed by atoms with van der Waals surface area (Å²) in [6.07, 6.45) is 0.0373. The first-order valence-electron chi connectivity index (χ1n) is 10.7. The minimum atomic E-state index is -1.03. The lowest BCUT2D eigenvalue weighted by atomic mass is 10.1. The molecule has 0 bridgehead atoms. The topological polar surface area (TPSA) is 98.5 Å². The molecule has 1 N–H and O–H groups in total. The maximum absolute atomic E-state index is 13.9. The summed E-state index contributed by atoms with van der Waals surface area (Å²) in [6, 6.07) is 9.72. The molecule has 3 rings (SSSR count). The molecule has 1 amide bonds. The molecular weight excluding hydrogens is 446 g/mol. The minimum absolute atomic E-state index is 0.0278. The fraction of sp³-hybridized carbons (Fsp3) is 0.280. The van der Waals surface area contributed by atoms with Crippen LogP contribution < -0.4 is 5.32 Å². The Kier molecular flexibility index (Phi) is 7.88. The number of nitrogens with zero attached hydrogens (tertiary/aromatic N) is 1. The second-order valence-corrected chi connectivity index (χ2v) is 7.93. The zero-order valence-electron chi connectivity index (χ0n) is 18.9. The number of ether oxygens (including phenoxy) is 1. The summed E-state index contributed by atoms with van der Waals surface area (Å²) >= 11 is 0. The van der Waals surface area contributed by atoms with Gasteiger partial charge in [0.25, 0.3) is 0 Å². The minimum Gasteiger partial charge on any atom is -0.454 e. The van der Waals surface area contributed by atoms with Crippen LogP contribution in [0.2, 0.25) is 0 Å². The standard InChI is InChI=1S/C25H24F2N2O5/c1-14(2)25(32)29-17-9-7-16(8-10-17)24(31)15(3)33-22(30)12-11-21-28-13-20(34-21)23-18(26)5-4-6-19(23)27/h4-10,13-15H,11-12H2,1-3H3,(H,29,32)/t15-/m0/s1. The molecule has 0 aliphatic heterocycles. The van der Waals surface area contributed by atoms with Crippen molar-refractivity contribution in [2.75, 3.05) is 5.32 Å². The van der Waals surface area contributed by atoms with Crippen LogP contribution >= 0.6 is 0 Å². The Morgan fingerprint density at radius 2 is 1.68 bits per heavy atom. The lowest BCUT2D eigenvalue weighted by molar-refractivity contribution is -0.146. The largest absolute Gasteiger partial charge is 0.454 e. The van der Waals surface area contributed by atoms with E-state index in [1.54, 1.807) is 38.1 Å². The monoisotopic (exact) mass is 470 g/mol. The molecule has 2 aromatic carbocycles. The maximum Gasteiger partial charge on any atom is 0.307 e. The number of rotatable bonds is 9. The number of oxazole rings is 1. The number of carbonyl (C=O) groups excluding carboxylic acids is 3. The number of hydrogen-bond acceptors (Lipinski definition) is 6. The van der Waals surface area contributed by atoms with Crippen LogP contribution in [0.25, 0.3) is 11.3 Å². The van der Waals surface area contributed by atoms with E-state index in [1.807, 2.05) is 0 Å². The molecule has 1 aromatic heterocycles. The van der Waals surface area contributed by atoms with E-state index in [4.69, 9.17) is 9.15 Å². The quantitative estimate of drug-likeness (QED) is 0.351. The average Bonchev–Trinajstić information content (AvgIpc) is 3.26. The van der Waals surface area contributed by atoms with Crippen LogP contribution in [-0.2, 0) is 20.7 Å². The van der Waals surface area contributed by atoms with E-state index in [0.29, 0.717) is 11.3 Å². The Labute approximate surface area is 195 Å². The molecule has 1 heterocycles. The third-order valence-corrected chi connectivity index (χ3v) is 4.94. The summed E-state index contributed by atoms with van der Waals surface area (Å²) in [5.41, 5.74) is 0.547. The molecule has 0 fully saturated rings. The highest BCUT2D eigenvalue weighted by Gasteiger charge is 2.21. The van der Waals surface area contributed by atoms with Gasteiger partial charge in [0, 0.05) is 23.6 Å². The van der Waals surface area contributed by atoms with Crippen molar-refractivity contribution in [3.8, 4) is 11.3 Å². The second-order valence-electron chi connectivity index (χ2n) is 7.93. The van der Waals surface area contributed by atoms with Crippen molar-refractivity contribution in [2.24, 2.45) is 5.92 Å². The normalized spacial score (nSPS) is 11.8. The Bertz CT molecular complexity index is 1170. The van der Waals surface area contributed by atoms with E-state index < -0.39 is 29.5 Å².